The Morgan fingerprint density at radius 1 is 1.14 bits per heavy atom. The van der Waals surface area contributed by atoms with Gasteiger partial charge in [0.1, 0.15) is 5.75 Å². The van der Waals surface area contributed by atoms with E-state index in [1.807, 2.05) is 99.1 Å². The number of hydrogen-bond donors (Lipinski definition) is 4. The molecule has 4 N–H and O–H groups in total. The number of fused-ring (bicyclic) bond motifs is 3. The van der Waals surface area contributed by atoms with E-state index in [-0.39, 0.29) is 36.3 Å². The monoisotopic (exact) mass is 708 g/mol. The van der Waals surface area contributed by atoms with Crippen molar-refractivity contribution in [3.05, 3.63) is 102 Å². The van der Waals surface area contributed by atoms with Crippen molar-refractivity contribution in [1.29, 1.82) is 0 Å². The fourth-order valence-electron chi connectivity index (χ4n) is 8.08. The molecule has 266 valence electrons. The number of carbonyl (C=O) groups is 2. The molecule has 12 nitrogen and oxygen atoms in total. The molecule has 0 unspecified atom stereocenters. The van der Waals surface area contributed by atoms with Gasteiger partial charge >= 0.3 is 0 Å². The van der Waals surface area contributed by atoms with E-state index in [1.54, 1.807) is 16.7 Å². The van der Waals surface area contributed by atoms with Gasteiger partial charge in [0.15, 0.2) is 13.9 Å². The maximum Gasteiger partial charge on any atom is 0.264 e. The van der Waals surface area contributed by atoms with Crippen molar-refractivity contribution in [2.24, 2.45) is 5.92 Å². The molecular weight excluding hydrogens is 665 g/mol. The minimum atomic E-state index is -2.85. The Labute approximate surface area is 297 Å². The molecule has 3 aromatic carbocycles. The van der Waals surface area contributed by atoms with E-state index in [0.717, 1.165) is 33.3 Å². The lowest BCUT2D eigenvalue weighted by Crippen LogP contribution is -2.46. The lowest BCUT2D eigenvalue weighted by Gasteiger charge is -2.32. The normalized spacial score (nSPS) is 21.5. The Hall–Kier alpha value is -4.82. The number of benzene rings is 3. The highest BCUT2D eigenvalue weighted by Gasteiger charge is 2.66. The number of aromatic nitrogens is 4. The first kappa shape index (κ1) is 34.6. The van der Waals surface area contributed by atoms with Crippen LogP contribution in [0, 0.1) is 5.92 Å². The molecule has 2 amide bonds. The summed E-state index contributed by atoms with van der Waals surface area (Å²) in [6.45, 7) is 6.60. The number of anilines is 2. The number of ether oxygens (including phenoxy) is 2. The van der Waals surface area contributed by atoms with Crippen LogP contribution in [0.25, 0.3) is 10.9 Å². The maximum absolute atomic E-state index is 14.8. The van der Waals surface area contributed by atoms with E-state index >= 15 is 0 Å². The van der Waals surface area contributed by atoms with Gasteiger partial charge in [0.25, 0.3) is 5.91 Å². The van der Waals surface area contributed by atoms with Gasteiger partial charge in [-0.1, -0.05) is 42.5 Å². The molecule has 1 spiro atoms. The molecule has 2 aliphatic heterocycles. The summed E-state index contributed by atoms with van der Waals surface area (Å²) in [5, 5.41) is 21.7. The summed E-state index contributed by atoms with van der Waals surface area (Å²) in [4.78, 5) is 44.4. The number of para-hydroxylation sites is 1. The molecule has 51 heavy (non-hydrogen) atoms. The fourth-order valence-corrected chi connectivity index (χ4v) is 10.7. The summed E-state index contributed by atoms with van der Waals surface area (Å²) in [6.07, 6.45) is 4.46. The molecule has 4 heterocycles. The van der Waals surface area contributed by atoms with E-state index in [9.17, 15) is 19.5 Å². The third-order valence-corrected chi connectivity index (χ3v) is 12.9. The second-order valence-corrected chi connectivity index (χ2v) is 18.1. The molecular formula is C38H44N6O6Si. The molecule has 0 radical (unpaired) electrons. The first-order chi connectivity index (χ1) is 24.5. The van der Waals surface area contributed by atoms with Gasteiger partial charge in [0, 0.05) is 65.6 Å². The van der Waals surface area contributed by atoms with Crippen LogP contribution < -0.4 is 15.0 Å². The number of nitrogens with one attached hydrogen (secondary N) is 2. The number of rotatable bonds is 12. The summed E-state index contributed by atoms with van der Waals surface area (Å²) in [7, 11) is -1.26. The summed E-state index contributed by atoms with van der Waals surface area (Å²) >= 11 is 0. The van der Waals surface area contributed by atoms with Crippen LogP contribution in [0.3, 0.4) is 0 Å². The van der Waals surface area contributed by atoms with Crippen LogP contribution in [0.1, 0.15) is 35.7 Å². The fraction of sp³-hybridized carbons (Fsp3) is 0.368. The van der Waals surface area contributed by atoms with Gasteiger partial charge in [-0.15, -0.1) is 5.10 Å². The molecule has 0 bridgehead atoms. The molecule has 13 heteroatoms. The number of carbonyl (C=O) groups excluding carboxylic acids is 2. The van der Waals surface area contributed by atoms with Crippen molar-refractivity contribution in [3.63, 3.8) is 0 Å². The third kappa shape index (κ3) is 6.46. The highest BCUT2D eigenvalue weighted by atomic mass is 28.4. The summed E-state index contributed by atoms with van der Waals surface area (Å²) < 4.78 is 14.3. The molecule has 0 saturated carbocycles. The quantitative estimate of drug-likeness (QED) is 0.133. The topological polar surface area (TPSA) is 155 Å². The Morgan fingerprint density at radius 3 is 2.67 bits per heavy atom. The number of nitrogens with zero attached hydrogens (tertiary/aromatic N) is 4. The predicted octanol–water partition coefficient (Wildman–Crippen LogP) is 4.92. The highest BCUT2D eigenvalue weighted by Crippen LogP contribution is 2.60. The van der Waals surface area contributed by atoms with Crippen molar-refractivity contribution in [2.45, 2.75) is 69.6 Å². The number of aromatic amines is 1. The van der Waals surface area contributed by atoms with Gasteiger partial charge in [0.2, 0.25) is 5.91 Å². The molecule has 7 rings (SSSR count). The van der Waals surface area contributed by atoms with E-state index < -0.39 is 20.0 Å². The third-order valence-electron chi connectivity index (χ3n) is 10.4. The van der Waals surface area contributed by atoms with Crippen LogP contribution in [-0.2, 0) is 45.9 Å². The SMILES string of the molecule is COc1ccc2c(c1)[C@]1(O[C@@H](CCn3cc(CCO)nn3)[C@H]([Si](C)(C)O)[C@H]1C)C(=O)N2Cc1ccc(NC(=O)Cc2c[nH]c3ccccc23)cc1. The largest absolute Gasteiger partial charge is 0.497 e. The highest BCUT2D eigenvalue weighted by molar-refractivity contribution is 6.71. The zero-order valence-electron chi connectivity index (χ0n) is 29.3. The molecule has 2 aromatic heterocycles. The van der Waals surface area contributed by atoms with Crippen LogP contribution in [0.15, 0.2) is 79.1 Å². The Balaban J connectivity index is 1.11. The average Bonchev–Trinajstić information content (AvgIpc) is 3.86. The number of H-pyrrole nitrogens is 1. The minimum absolute atomic E-state index is 0.00840. The standard InChI is InChI=1S/C38H44N6O6Si/c1-24-36(51(3,4)48)34(15-17-43-23-28(16-18-45)41-42-43)50-38(24)31-20-29(49-2)13-14-33(31)44(37(38)47)22-25-9-11-27(12-10-25)40-35(46)19-26-21-39-32-8-6-5-7-30(26)32/h5-14,20-21,23-24,34,36,39,45,48H,15-19,22H2,1-4H3,(H,40,46)/t24-,34+,36-,38+/m1/s1. The van der Waals surface area contributed by atoms with E-state index in [1.165, 1.54) is 0 Å². The smallest absolute Gasteiger partial charge is 0.264 e. The second kappa shape index (κ2) is 13.7. The number of amides is 2. The van der Waals surface area contributed by atoms with Crippen molar-refractivity contribution in [1.82, 2.24) is 20.0 Å². The molecule has 1 saturated heterocycles. The predicted molar refractivity (Wildman–Crippen MR) is 196 cm³/mol. The number of aliphatic hydroxyl groups excluding tert-OH is 1. The average molecular weight is 709 g/mol. The van der Waals surface area contributed by atoms with E-state index in [4.69, 9.17) is 9.47 Å². The van der Waals surface area contributed by atoms with Crippen LogP contribution in [0.2, 0.25) is 18.6 Å². The second-order valence-electron chi connectivity index (χ2n) is 14.2. The zero-order chi connectivity index (χ0) is 35.9. The molecule has 0 aliphatic carbocycles. The zero-order valence-corrected chi connectivity index (χ0v) is 30.3. The van der Waals surface area contributed by atoms with Gasteiger partial charge in [0.05, 0.1) is 37.6 Å². The van der Waals surface area contributed by atoms with Gasteiger partial charge < -0.3 is 34.6 Å². The molecule has 1 fully saturated rings. The Morgan fingerprint density at radius 2 is 1.92 bits per heavy atom. The van der Waals surface area contributed by atoms with Gasteiger partial charge in [-0.05, 0) is 67.0 Å². The Kier molecular flexibility index (Phi) is 9.31. The van der Waals surface area contributed by atoms with Crippen LogP contribution in [-0.4, -0.2) is 69.8 Å². The molecule has 4 atom stereocenters. The number of methoxy groups -OCH3 is 1. The van der Waals surface area contributed by atoms with Crippen LogP contribution >= 0.6 is 0 Å². The van der Waals surface area contributed by atoms with Gasteiger partial charge in [-0.3, -0.25) is 14.3 Å². The summed E-state index contributed by atoms with van der Waals surface area (Å²) in [6, 6.07) is 21.1. The number of hydrogen-bond acceptors (Lipinski definition) is 8. The van der Waals surface area contributed by atoms with Crippen molar-refractivity contribution >= 4 is 42.4 Å². The van der Waals surface area contributed by atoms with Crippen molar-refractivity contribution < 1.29 is 29.0 Å². The lowest BCUT2D eigenvalue weighted by atomic mass is 9.82. The molecule has 5 aromatic rings. The van der Waals surface area contributed by atoms with Gasteiger partial charge in [-0.2, -0.15) is 0 Å². The van der Waals surface area contributed by atoms with Crippen molar-refractivity contribution in [3.8, 4) is 5.75 Å². The minimum Gasteiger partial charge on any atom is -0.497 e. The van der Waals surface area contributed by atoms with Crippen LogP contribution in [0.4, 0.5) is 11.4 Å². The van der Waals surface area contributed by atoms with E-state index in [2.05, 4.69) is 20.6 Å². The lowest BCUT2D eigenvalue weighted by molar-refractivity contribution is -0.146. The maximum atomic E-state index is 14.8. The summed E-state index contributed by atoms with van der Waals surface area (Å²) in [5.41, 5.74) is 4.10. The van der Waals surface area contributed by atoms with Crippen molar-refractivity contribution in [2.75, 3.05) is 23.9 Å². The number of aryl methyl sites for hydroxylation is 1. The van der Waals surface area contributed by atoms with Gasteiger partial charge in [-0.25, -0.2) is 0 Å². The van der Waals surface area contributed by atoms with Crippen LogP contribution in [0.5, 0.6) is 5.75 Å². The number of aliphatic hydroxyl groups is 1. The first-order valence-corrected chi connectivity index (χ1v) is 20.4. The van der Waals surface area contributed by atoms with E-state index in [0.29, 0.717) is 43.1 Å². The molecule has 2 aliphatic rings. The first-order valence-electron chi connectivity index (χ1n) is 17.4. The summed E-state index contributed by atoms with van der Waals surface area (Å²) in [5.74, 6) is -0.00168. The Bertz CT molecular complexity index is 2060.